The van der Waals surface area contributed by atoms with E-state index in [1.54, 1.807) is 23.7 Å². The van der Waals surface area contributed by atoms with E-state index < -0.39 is 0 Å². The molecule has 1 aliphatic rings. The van der Waals surface area contributed by atoms with Crippen molar-refractivity contribution in [2.24, 2.45) is 5.92 Å². The van der Waals surface area contributed by atoms with Crippen LogP contribution < -0.4 is 0 Å². The predicted octanol–water partition coefficient (Wildman–Crippen LogP) is 3.61. The van der Waals surface area contributed by atoms with Gasteiger partial charge in [0.15, 0.2) is 10.8 Å². The van der Waals surface area contributed by atoms with Crippen molar-refractivity contribution < 1.29 is 0 Å². The van der Waals surface area contributed by atoms with E-state index in [-0.39, 0.29) is 0 Å². The largest absolute Gasteiger partial charge is 0.300 e. The Kier molecular flexibility index (Phi) is 4.93. The molecule has 0 bridgehead atoms. The number of hydrogen-bond donors (Lipinski definition) is 0. The smallest absolute Gasteiger partial charge is 0.188 e. The molecule has 112 valence electrons. The van der Waals surface area contributed by atoms with Crippen molar-refractivity contribution in [1.29, 1.82) is 0 Å². The highest BCUT2D eigenvalue weighted by molar-refractivity contribution is 7.13. The Morgan fingerprint density at radius 3 is 2.71 bits per heavy atom. The zero-order valence-corrected chi connectivity index (χ0v) is 13.4. The minimum atomic E-state index is 0.726. The van der Waals surface area contributed by atoms with Crippen LogP contribution in [0, 0.1) is 5.92 Å². The second-order valence-electron chi connectivity index (χ2n) is 5.92. The van der Waals surface area contributed by atoms with Gasteiger partial charge in [0.1, 0.15) is 0 Å². The first-order valence-corrected chi connectivity index (χ1v) is 8.59. The monoisotopic (exact) mass is 302 g/mol. The molecule has 2 heterocycles. The molecular weight excluding hydrogens is 280 g/mol. The summed E-state index contributed by atoms with van der Waals surface area (Å²) in [5, 5.41) is 3.04. The number of rotatable bonds is 5. The zero-order chi connectivity index (χ0) is 14.5. The van der Waals surface area contributed by atoms with Crippen LogP contribution in [-0.2, 0) is 6.54 Å². The first-order valence-electron chi connectivity index (χ1n) is 7.71. The number of aromatic nitrogens is 3. The Labute approximate surface area is 130 Å². The van der Waals surface area contributed by atoms with Crippen LogP contribution in [0.15, 0.2) is 23.8 Å². The molecule has 0 atom stereocenters. The molecule has 1 fully saturated rings. The Hall–Kier alpha value is -1.33. The molecule has 5 heteroatoms. The van der Waals surface area contributed by atoms with Crippen LogP contribution in [0.4, 0.5) is 0 Å². The highest BCUT2D eigenvalue weighted by Gasteiger charge is 2.16. The third kappa shape index (κ3) is 4.08. The van der Waals surface area contributed by atoms with E-state index in [2.05, 4.69) is 32.3 Å². The van der Waals surface area contributed by atoms with E-state index >= 15 is 0 Å². The van der Waals surface area contributed by atoms with Crippen molar-refractivity contribution in [3.05, 3.63) is 29.5 Å². The van der Waals surface area contributed by atoms with Crippen LogP contribution in [-0.4, -0.2) is 33.4 Å². The molecule has 2 aromatic heterocycles. The maximum atomic E-state index is 4.67. The molecule has 0 amide bonds. The van der Waals surface area contributed by atoms with Crippen LogP contribution in [0.2, 0.25) is 0 Å². The van der Waals surface area contributed by atoms with Gasteiger partial charge in [-0.15, -0.1) is 11.3 Å². The summed E-state index contributed by atoms with van der Waals surface area (Å²) in [6.07, 6.45) is 10.5. The molecule has 4 nitrogen and oxygen atoms in total. The molecule has 3 rings (SSSR count). The predicted molar refractivity (Wildman–Crippen MR) is 86.0 cm³/mol. The molecule has 1 aliphatic carbocycles. The van der Waals surface area contributed by atoms with Crippen molar-refractivity contribution in [2.45, 2.75) is 38.6 Å². The lowest BCUT2D eigenvalue weighted by Crippen LogP contribution is -2.26. The van der Waals surface area contributed by atoms with Crippen LogP contribution in [0.25, 0.3) is 10.8 Å². The van der Waals surface area contributed by atoms with E-state index in [9.17, 15) is 0 Å². The number of hydrogen-bond acceptors (Lipinski definition) is 5. The van der Waals surface area contributed by atoms with Crippen molar-refractivity contribution in [3.63, 3.8) is 0 Å². The third-order valence-corrected chi connectivity index (χ3v) is 4.92. The Bertz CT molecular complexity index is 548. The fraction of sp³-hybridized carbons (Fsp3) is 0.562. The fourth-order valence-electron chi connectivity index (χ4n) is 3.04. The van der Waals surface area contributed by atoms with Gasteiger partial charge in [0, 0.05) is 30.9 Å². The van der Waals surface area contributed by atoms with Crippen LogP contribution in [0.3, 0.4) is 0 Å². The fourth-order valence-corrected chi connectivity index (χ4v) is 3.80. The Morgan fingerprint density at radius 2 is 1.95 bits per heavy atom. The molecular formula is C16H22N4S. The Balaban J connectivity index is 1.56. The van der Waals surface area contributed by atoms with Gasteiger partial charge in [0.25, 0.3) is 0 Å². The van der Waals surface area contributed by atoms with E-state index in [1.807, 2.05) is 6.07 Å². The van der Waals surface area contributed by atoms with E-state index in [1.165, 1.54) is 38.6 Å². The number of nitrogens with zero attached hydrogens (tertiary/aromatic N) is 4. The SMILES string of the molecule is CN(Cc1csc(-c2ncccn2)n1)CC1CCCCC1. The van der Waals surface area contributed by atoms with Crippen LogP contribution in [0.1, 0.15) is 37.8 Å². The van der Waals surface area contributed by atoms with Gasteiger partial charge in [-0.3, -0.25) is 0 Å². The second-order valence-corrected chi connectivity index (χ2v) is 6.78. The summed E-state index contributed by atoms with van der Waals surface area (Å²) in [6, 6.07) is 1.83. The highest BCUT2D eigenvalue weighted by atomic mass is 32.1. The molecule has 0 radical (unpaired) electrons. The van der Waals surface area contributed by atoms with Gasteiger partial charge >= 0.3 is 0 Å². The Morgan fingerprint density at radius 1 is 1.19 bits per heavy atom. The standard InChI is InChI=1S/C16H22N4S/c1-20(10-13-6-3-2-4-7-13)11-14-12-21-16(19-14)15-17-8-5-9-18-15/h5,8-9,12-13H,2-4,6-7,10-11H2,1H3. The second kappa shape index (κ2) is 7.09. The van der Waals surface area contributed by atoms with Crippen molar-refractivity contribution >= 4 is 11.3 Å². The minimum Gasteiger partial charge on any atom is -0.300 e. The van der Waals surface area contributed by atoms with Gasteiger partial charge in [-0.1, -0.05) is 19.3 Å². The average Bonchev–Trinajstić information content (AvgIpc) is 2.97. The number of thiazole rings is 1. The van der Waals surface area contributed by atoms with Gasteiger partial charge in [-0.2, -0.15) is 0 Å². The molecule has 21 heavy (non-hydrogen) atoms. The quantitative estimate of drug-likeness (QED) is 0.846. The van der Waals surface area contributed by atoms with Gasteiger partial charge < -0.3 is 4.90 Å². The lowest BCUT2D eigenvalue weighted by atomic mass is 9.89. The molecule has 0 aromatic carbocycles. The molecule has 0 N–H and O–H groups in total. The molecule has 0 aliphatic heterocycles. The summed E-state index contributed by atoms with van der Waals surface area (Å²) in [5.41, 5.74) is 1.13. The molecule has 0 spiro atoms. The maximum absolute atomic E-state index is 4.67. The summed E-state index contributed by atoms with van der Waals surface area (Å²) in [6.45, 7) is 2.11. The van der Waals surface area contributed by atoms with Crippen molar-refractivity contribution in [1.82, 2.24) is 19.9 Å². The van der Waals surface area contributed by atoms with E-state index in [0.29, 0.717) is 0 Å². The van der Waals surface area contributed by atoms with Gasteiger partial charge in [0.2, 0.25) is 0 Å². The van der Waals surface area contributed by atoms with E-state index in [4.69, 9.17) is 0 Å². The summed E-state index contributed by atoms with van der Waals surface area (Å²) in [7, 11) is 2.20. The summed E-state index contributed by atoms with van der Waals surface area (Å²) >= 11 is 1.63. The minimum absolute atomic E-state index is 0.726. The normalized spacial score (nSPS) is 16.5. The van der Waals surface area contributed by atoms with Crippen molar-refractivity contribution in [2.75, 3.05) is 13.6 Å². The molecule has 2 aromatic rings. The van der Waals surface area contributed by atoms with Crippen LogP contribution >= 0.6 is 11.3 Å². The molecule has 1 saturated carbocycles. The van der Waals surface area contributed by atoms with Gasteiger partial charge in [-0.25, -0.2) is 15.0 Å². The molecule has 0 saturated heterocycles. The third-order valence-electron chi connectivity index (χ3n) is 4.04. The first kappa shape index (κ1) is 14.6. The van der Waals surface area contributed by atoms with E-state index in [0.717, 1.165) is 29.0 Å². The summed E-state index contributed by atoms with van der Waals surface area (Å²) in [4.78, 5) is 15.6. The average molecular weight is 302 g/mol. The van der Waals surface area contributed by atoms with Gasteiger partial charge in [-0.05, 0) is 31.9 Å². The maximum Gasteiger partial charge on any atom is 0.188 e. The highest BCUT2D eigenvalue weighted by Crippen LogP contribution is 2.25. The first-order chi connectivity index (χ1) is 10.3. The lowest BCUT2D eigenvalue weighted by Gasteiger charge is -2.26. The van der Waals surface area contributed by atoms with Gasteiger partial charge in [0.05, 0.1) is 5.69 Å². The topological polar surface area (TPSA) is 41.9 Å². The van der Waals surface area contributed by atoms with Crippen molar-refractivity contribution in [3.8, 4) is 10.8 Å². The van der Waals surface area contributed by atoms with Crippen LogP contribution in [0.5, 0.6) is 0 Å². The zero-order valence-electron chi connectivity index (χ0n) is 12.5. The lowest BCUT2D eigenvalue weighted by molar-refractivity contribution is 0.226. The molecule has 0 unspecified atom stereocenters. The summed E-state index contributed by atoms with van der Waals surface area (Å²) < 4.78 is 0. The summed E-state index contributed by atoms with van der Waals surface area (Å²) in [5.74, 6) is 1.60.